The molecule has 1 aromatic carbocycles. The molecule has 22 heavy (non-hydrogen) atoms. The highest BCUT2D eigenvalue weighted by Crippen LogP contribution is 2.31. The van der Waals surface area contributed by atoms with Crippen LogP contribution < -0.4 is 9.47 Å². The largest absolute Gasteiger partial charge is 0.493 e. The molecule has 1 heterocycles. The maximum Gasteiger partial charge on any atom is 0.336 e. The molecule has 8 heteroatoms. The second-order valence-electron chi connectivity index (χ2n) is 3.99. The Morgan fingerprint density at radius 1 is 1.32 bits per heavy atom. The first-order valence-electron chi connectivity index (χ1n) is 5.97. The van der Waals surface area contributed by atoms with Crippen LogP contribution in [0.5, 0.6) is 11.5 Å². The number of nitrogens with zero attached hydrogens (tertiary/aromatic N) is 1. The third kappa shape index (κ3) is 4.15. The summed E-state index contributed by atoms with van der Waals surface area (Å²) in [6.07, 6.45) is 2.85. The summed E-state index contributed by atoms with van der Waals surface area (Å²) in [7, 11) is 1.39. The summed E-state index contributed by atoms with van der Waals surface area (Å²) in [6.45, 7) is 0. The van der Waals surface area contributed by atoms with Crippen LogP contribution in [0.4, 0.5) is 5.69 Å². The lowest BCUT2D eigenvalue weighted by Gasteiger charge is -2.07. The molecule has 0 bridgehead atoms. The van der Waals surface area contributed by atoms with Crippen LogP contribution in [0.3, 0.4) is 0 Å². The number of hydrogen-bond acceptors (Lipinski definition) is 6. The van der Waals surface area contributed by atoms with Crippen molar-refractivity contribution in [2.75, 3.05) is 7.11 Å². The molecule has 2 aromatic rings. The van der Waals surface area contributed by atoms with Crippen molar-refractivity contribution in [2.45, 2.75) is 0 Å². The fourth-order valence-electron chi connectivity index (χ4n) is 1.57. The first kappa shape index (κ1) is 16.2. The molecule has 114 valence electrons. The van der Waals surface area contributed by atoms with Gasteiger partial charge in [0, 0.05) is 17.0 Å². The van der Waals surface area contributed by atoms with Gasteiger partial charge in [0.25, 0.3) is 5.69 Å². The van der Waals surface area contributed by atoms with Crippen LogP contribution >= 0.6 is 27.3 Å². The van der Waals surface area contributed by atoms with Crippen LogP contribution in [0.2, 0.25) is 0 Å². The molecular weight excluding hydrogens is 374 g/mol. The van der Waals surface area contributed by atoms with Crippen molar-refractivity contribution in [2.24, 2.45) is 0 Å². The van der Waals surface area contributed by atoms with E-state index < -0.39 is 10.9 Å². The highest BCUT2D eigenvalue weighted by Gasteiger charge is 2.14. The zero-order chi connectivity index (χ0) is 16.1. The molecule has 0 fully saturated rings. The van der Waals surface area contributed by atoms with Gasteiger partial charge in [0.2, 0.25) is 0 Å². The van der Waals surface area contributed by atoms with E-state index in [0.29, 0.717) is 0 Å². The van der Waals surface area contributed by atoms with Gasteiger partial charge >= 0.3 is 5.97 Å². The lowest BCUT2D eigenvalue weighted by Crippen LogP contribution is -2.05. The SMILES string of the molecule is COc1ccc([N+](=O)[O-])cc1OC(=O)/C=C/c1ccc(Br)s1. The van der Waals surface area contributed by atoms with E-state index in [1.807, 2.05) is 12.1 Å². The van der Waals surface area contributed by atoms with Gasteiger partial charge in [0.1, 0.15) is 0 Å². The Balaban J connectivity index is 2.15. The molecule has 0 aliphatic carbocycles. The van der Waals surface area contributed by atoms with Gasteiger partial charge in [0.15, 0.2) is 11.5 Å². The second kappa shape index (κ2) is 7.19. The fraction of sp³-hybridized carbons (Fsp3) is 0.0714. The lowest BCUT2D eigenvalue weighted by molar-refractivity contribution is -0.384. The smallest absolute Gasteiger partial charge is 0.336 e. The number of nitro benzene ring substituents is 1. The number of halogens is 1. The number of nitro groups is 1. The zero-order valence-electron chi connectivity index (χ0n) is 11.3. The van der Waals surface area contributed by atoms with Crippen molar-refractivity contribution in [1.82, 2.24) is 0 Å². The topological polar surface area (TPSA) is 78.7 Å². The summed E-state index contributed by atoms with van der Waals surface area (Å²) in [5.74, 6) is -0.409. The maximum absolute atomic E-state index is 11.8. The van der Waals surface area contributed by atoms with E-state index in [1.165, 1.54) is 36.7 Å². The Labute approximate surface area is 138 Å². The number of ether oxygens (including phenoxy) is 2. The Kier molecular flexibility index (Phi) is 5.29. The normalized spacial score (nSPS) is 10.6. The predicted octanol–water partition coefficient (Wildman–Crippen LogP) is 4.05. The van der Waals surface area contributed by atoms with Crippen LogP contribution in [0.1, 0.15) is 4.88 Å². The third-order valence-corrected chi connectivity index (χ3v) is 4.14. The highest BCUT2D eigenvalue weighted by molar-refractivity contribution is 9.11. The molecule has 0 unspecified atom stereocenters. The monoisotopic (exact) mass is 383 g/mol. The first-order valence-corrected chi connectivity index (χ1v) is 7.58. The number of non-ortho nitro benzene ring substituents is 1. The van der Waals surface area contributed by atoms with Gasteiger partial charge in [-0.2, -0.15) is 0 Å². The average molecular weight is 384 g/mol. The number of carbonyl (C=O) groups excluding carboxylic acids is 1. The van der Waals surface area contributed by atoms with Gasteiger partial charge in [-0.1, -0.05) is 0 Å². The summed E-state index contributed by atoms with van der Waals surface area (Å²) >= 11 is 4.78. The van der Waals surface area contributed by atoms with Crippen LogP contribution in [-0.4, -0.2) is 18.0 Å². The van der Waals surface area contributed by atoms with Crippen molar-refractivity contribution < 1.29 is 19.2 Å². The Morgan fingerprint density at radius 3 is 2.68 bits per heavy atom. The lowest BCUT2D eigenvalue weighted by atomic mass is 10.3. The van der Waals surface area contributed by atoms with Crippen molar-refractivity contribution in [3.8, 4) is 11.5 Å². The van der Waals surface area contributed by atoms with Gasteiger partial charge in [0.05, 0.1) is 21.9 Å². The number of esters is 1. The average Bonchev–Trinajstić information content (AvgIpc) is 2.90. The molecule has 0 aliphatic rings. The van der Waals surface area contributed by atoms with E-state index in [4.69, 9.17) is 9.47 Å². The van der Waals surface area contributed by atoms with E-state index >= 15 is 0 Å². The van der Waals surface area contributed by atoms with Crippen LogP contribution in [0.15, 0.2) is 40.2 Å². The zero-order valence-corrected chi connectivity index (χ0v) is 13.7. The van der Waals surface area contributed by atoms with Crippen molar-refractivity contribution >= 4 is 45.0 Å². The minimum Gasteiger partial charge on any atom is -0.493 e. The first-order chi connectivity index (χ1) is 10.5. The molecule has 0 spiro atoms. The number of methoxy groups -OCH3 is 1. The van der Waals surface area contributed by atoms with E-state index in [1.54, 1.807) is 6.08 Å². The fourth-order valence-corrected chi connectivity index (χ4v) is 2.90. The van der Waals surface area contributed by atoms with Crippen LogP contribution in [0, 0.1) is 10.1 Å². The molecule has 1 aromatic heterocycles. The minimum atomic E-state index is -0.650. The van der Waals surface area contributed by atoms with Crippen molar-refractivity contribution in [1.29, 1.82) is 0 Å². The van der Waals surface area contributed by atoms with E-state index in [-0.39, 0.29) is 17.2 Å². The molecule has 0 radical (unpaired) electrons. The molecule has 0 saturated heterocycles. The number of hydrogen-bond donors (Lipinski definition) is 0. The predicted molar refractivity (Wildman–Crippen MR) is 86.3 cm³/mol. The standard InChI is InChI=1S/C14H10BrNO5S/c1-20-11-5-2-9(16(18)19)8-12(11)21-14(17)7-4-10-3-6-13(15)22-10/h2-8H,1H3/b7-4+. The Hall–Kier alpha value is -2.19. The molecular formula is C14H10BrNO5S. The molecule has 0 aliphatic heterocycles. The number of thiophene rings is 1. The molecule has 6 nitrogen and oxygen atoms in total. The molecule has 0 saturated carbocycles. The number of benzene rings is 1. The van der Waals surface area contributed by atoms with Crippen molar-refractivity contribution in [3.63, 3.8) is 0 Å². The van der Waals surface area contributed by atoms with E-state index in [9.17, 15) is 14.9 Å². The quantitative estimate of drug-likeness (QED) is 0.256. The van der Waals surface area contributed by atoms with E-state index in [2.05, 4.69) is 15.9 Å². The summed E-state index contributed by atoms with van der Waals surface area (Å²) in [4.78, 5) is 22.9. The third-order valence-electron chi connectivity index (χ3n) is 2.55. The minimum absolute atomic E-state index is 0.00119. The maximum atomic E-state index is 11.8. The van der Waals surface area contributed by atoms with Gasteiger partial charge in [-0.05, 0) is 40.2 Å². The molecule has 0 amide bonds. The van der Waals surface area contributed by atoms with Crippen molar-refractivity contribution in [3.05, 3.63) is 55.2 Å². The van der Waals surface area contributed by atoms with Gasteiger partial charge in [-0.25, -0.2) is 4.79 Å². The van der Waals surface area contributed by atoms with E-state index in [0.717, 1.165) is 14.7 Å². The van der Waals surface area contributed by atoms with Gasteiger partial charge in [-0.15, -0.1) is 11.3 Å². The van der Waals surface area contributed by atoms with Gasteiger partial charge < -0.3 is 9.47 Å². The van der Waals surface area contributed by atoms with Gasteiger partial charge in [-0.3, -0.25) is 10.1 Å². The second-order valence-corrected chi connectivity index (χ2v) is 6.48. The van der Waals surface area contributed by atoms with Crippen LogP contribution in [0.25, 0.3) is 6.08 Å². The summed E-state index contributed by atoms with van der Waals surface area (Å²) in [5, 5.41) is 10.8. The molecule has 0 N–H and O–H groups in total. The highest BCUT2D eigenvalue weighted by atomic mass is 79.9. The Morgan fingerprint density at radius 2 is 2.09 bits per heavy atom. The summed E-state index contributed by atoms with van der Waals surface area (Å²) in [5.41, 5.74) is -0.185. The number of rotatable bonds is 5. The Bertz CT molecular complexity index is 741. The summed E-state index contributed by atoms with van der Waals surface area (Å²) < 4.78 is 11.1. The molecule has 0 atom stereocenters. The van der Waals surface area contributed by atoms with Crippen LogP contribution in [-0.2, 0) is 4.79 Å². The number of carbonyl (C=O) groups is 1. The summed E-state index contributed by atoms with van der Waals surface area (Å²) in [6, 6.07) is 7.49. The molecule has 2 rings (SSSR count).